The largest absolute Gasteiger partial charge is 0.485 e. The van der Waals surface area contributed by atoms with Gasteiger partial charge in [0, 0.05) is 13.5 Å². The number of hydrogen-bond donors (Lipinski definition) is 0. The Balaban J connectivity index is 1.93. The van der Waals surface area contributed by atoms with Crippen molar-refractivity contribution in [3.05, 3.63) is 29.6 Å². The lowest BCUT2D eigenvalue weighted by atomic mass is 9.91. The van der Waals surface area contributed by atoms with Crippen molar-refractivity contribution in [3.8, 4) is 5.75 Å². The number of aryl methyl sites for hydroxylation is 1. The Morgan fingerprint density at radius 3 is 2.84 bits per heavy atom. The second kappa shape index (κ2) is 6.55. The van der Waals surface area contributed by atoms with Crippen LogP contribution in [0.3, 0.4) is 0 Å². The molecule has 106 valence electrons. The van der Waals surface area contributed by atoms with Crippen LogP contribution in [0.2, 0.25) is 0 Å². The van der Waals surface area contributed by atoms with Crippen LogP contribution in [0.5, 0.6) is 5.75 Å². The average molecular weight is 289 g/mol. The first kappa shape index (κ1) is 14.6. The molecule has 1 aliphatic carbocycles. The first-order valence-electron chi connectivity index (χ1n) is 6.29. The second-order valence-electron chi connectivity index (χ2n) is 4.67. The van der Waals surface area contributed by atoms with Crippen LogP contribution in [0.4, 0.5) is 4.39 Å². The van der Waals surface area contributed by atoms with Gasteiger partial charge in [0.25, 0.3) is 0 Å². The second-order valence-corrected chi connectivity index (χ2v) is 5.23. The summed E-state index contributed by atoms with van der Waals surface area (Å²) in [6.45, 7) is 2.86. The highest BCUT2D eigenvalue weighted by molar-refractivity contribution is 6.21. The van der Waals surface area contributed by atoms with Gasteiger partial charge in [-0.1, -0.05) is 6.07 Å². The summed E-state index contributed by atoms with van der Waals surface area (Å²) in [5, 5.41) is -0.0882. The SMILES string of the molecule is COCCOC1C(Cl)CC1Oc1cc(C)ccc1F. The monoisotopic (exact) mass is 288 g/mol. The van der Waals surface area contributed by atoms with Crippen molar-refractivity contribution in [2.45, 2.75) is 30.9 Å². The van der Waals surface area contributed by atoms with Gasteiger partial charge >= 0.3 is 0 Å². The summed E-state index contributed by atoms with van der Waals surface area (Å²) >= 11 is 6.09. The third-order valence-corrected chi connectivity index (χ3v) is 3.57. The molecule has 0 saturated heterocycles. The number of rotatable bonds is 6. The van der Waals surface area contributed by atoms with E-state index in [1.165, 1.54) is 6.07 Å². The van der Waals surface area contributed by atoms with E-state index in [4.69, 9.17) is 25.8 Å². The maximum Gasteiger partial charge on any atom is 0.165 e. The van der Waals surface area contributed by atoms with Crippen LogP contribution in [-0.2, 0) is 9.47 Å². The summed E-state index contributed by atoms with van der Waals surface area (Å²) in [6.07, 6.45) is 0.249. The van der Waals surface area contributed by atoms with Crippen LogP contribution in [0, 0.1) is 12.7 Å². The van der Waals surface area contributed by atoms with Gasteiger partial charge in [-0.2, -0.15) is 0 Å². The number of hydrogen-bond acceptors (Lipinski definition) is 3. The highest BCUT2D eigenvalue weighted by Crippen LogP contribution is 2.34. The molecule has 0 radical (unpaired) electrons. The first-order valence-corrected chi connectivity index (χ1v) is 6.73. The van der Waals surface area contributed by atoms with Gasteiger partial charge in [0.1, 0.15) is 12.2 Å². The molecule has 19 heavy (non-hydrogen) atoms. The van der Waals surface area contributed by atoms with Crippen molar-refractivity contribution in [2.75, 3.05) is 20.3 Å². The van der Waals surface area contributed by atoms with E-state index in [2.05, 4.69) is 0 Å². The average Bonchev–Trinajstić information content (AvgIpc) is 2.38. The van der Waals surface area contributed by atoms with Crippen molar-refractivity contribution in [1.82, 2.24) is 0 Å². The summed E-state index contributed by atoms with van der Waals surface area (Å²) in [4.78, 5) is 0. The van der Waals surface area contributed by atoms with Crippen molar-refractivity contribution >= 4 is 11.6 Å². The Bertz CT molecular complexity index is 427. The predicted octanol–water partition coefficient (Wildman–Crippen LogP) is 2.92. The highest BCUT2D eigenvalue weighted by Gasteiger charge is 2.43. The molecule has 3 nitrogen and oxygen atoms in total. The molecule has 0 aliphatic heterocycles. The summed E-state index contributed by atoms with van der Waals surface area (Å²) in [6, 6.07) is 4.80. The fraction of sp³-hybridized carbons (Fsp3) is 0.571. The normalized spacial score (nSPS) is 26.0. The lowest BCUT2D eigenvalue weighted by Crippen LogP contribution is -2.53. The standard InChI is InChI=1S/C14H18ClFO3/c1-9-3-4-11(16)12(7-9)19-13-8-10(15)14(13)18-6-5-17-2/h3-4,7,10,13-14H,5-6,8H2,1-2H3. The fourth-order valence-electron chi connectivity index (χ4n) is 1.99. The van der Waals surface area contributed by atoms with E-state index >= 15 is 0 Å². The number of benzene rings is 1. The molecule has 3 unspecified atom stereocenters. The van der Waals surface area contributed by atoms with Crippen molar-refractivity contribution in [3.63, 3.8) is 0 Å². The van der Waals surface area contributed by atoms with E-state index in [1.54, 1.807) is 19.2 Å². The quantitative estimate of drug-likeness (QED) is 0.595. The number of alkyl halides is 1. The molecular weight excluding hydrogens is 271 g/mol. The zero-order chi connectivity index (χ0) is 13.8. The minimum Gasteiger partial charge on any atom is -0.485 e. The molecule has 0 amide bonds. The van der Waals surface area contributed by atoms with Crippen LogP contribution in [0.1, 0.15) is 12.0 Å². The van der Waals surface area contributed by atoms with Gasteiger partial charge in [-0.15, -0.1) is 11.6 Å². The van der Waals surface area contributed by atoms with Crippen LogP contribution in [0.15, 0.2) is 18.2 Å². The van der Waals surface area contributed by atoms with Gasteiger partial charge < -0.3 is 14.2 Å². The summed E-state index contributed by atoms with van der Waals surface area (Å²) in [5.74, 6) is -0.104. The smallest absolute Gasteiger partial charge is 0.165 e. The van der Waals surface area contributed by atoms with Gasteiger partial charge in [-0.05, 0) is 24.6 Å². The minimum absolute atomic E-state index is 0.0882. The Kier molecular flexibility index (Phi) is 5.02. The molecule has 0 bridgehead atoms. The van der Waals surface area contributed by atoms with E-state index in [1.807, 2.05) is 6.92 Å². The lowest BCUT2D eigenvalue weighted by Gasteiger charge is -2.40. The molecule has 1 fully saturated rings. The Labute approximate surface area is 117 Å². The minimum atomic E-state index is -0.362. The molecule has 0 heterocycles. The zero-order valence-corrected chi connectivity index (χ0v) is 11.8. The highest BCUT2D eigenvalue weighted by atomic mass is 35.5. The Morgan fingerprint density at radius 1 is 1.37 bits per heavy atom. The van der Waals surface area contributed by atoms with Crippen molar-refractivity contribution < 1.29 is 18.6 Å². The summed E-state index contributed by atoms with van der Waals surface area (Å²) in [5.41, 5.74) is 0.954. The molecule has 1 aromatic rings. The summed E-state index contributed by atoms with van der Waals surface area (Å²) < 4.78 is 29.7. The van der Waals surface area contributed by atoms with Crippen LogP contribution in [0.25, 0.3) is 0 Å². The van der Waals surface area contributed by atoms with Gasteiger partial charge in [0.2, 0.25) is 0 Å². The lowest BCUT2D eigenvalue weighted by molar-refractivity contribution is -0.0907. The molecule has 1 aromatic carbocycles. The van der Waals surface area contributed by atoms with Gasteiger partial charge in [-0.25, -0.2) is 4.39 Å². The Morgan fingerprint density at radius 2 is 2.16 bits per heavy atom. The van der Waals surface area contributed by atoms with Crippen LogP contribution < -0.4 is 4.74 Å². The molecule has 1 aliphatic rings. The molecule has 0 N–H and O–H groups in total. The van der Waals surface area contributed by atoms with E-state index < -0.39 is 0 Å². The third kappa shape index (κ3) is 3.59. The summed E-state index contributed by atoms with van der Waals surface area (Å²) in [7, 11) is 1.61. The maximum absolute atomic E-state index is 13.6. The maximum atomic E-state index is 13.6. The third-order valence-electron chi connectivity index (χ3n) is 3.14. The number of halogens is 2. The molecular formula is C14H18ClFO3. The first-order chi connectivity index (χ1) is 9.11. The van der Waals surface area contributed by atoms with Gasteiger partial charge in [0.05, 0.1) is 18.6 Å². The zero-order valence-electron chi connectivity index (χ0n) is 11.1. The van der Waals surface area contributed by atoms with Crippen molar-refractivity contribution in [2.24, 2.45) is 0 Å². The Hall–Kier alpha value is -0.840. The molecule has 3 atom stereocenters. The molecule has 5 heteroatoms. The molecule has 1 saturated carbocycles. The molecule has 2 rings (SSSR count). The van der Waals surface area contributed by atoms with Crippen molar-refractivity contribution in [1.29, 1.82) is 0 Å². The van der Waals surface area contributed by atoms with Gasteiger partial charge in [0.15, 0.2) is 11.6 Å². The van der Waals surface area contributed by atoms with E-state index in [9.17, 15) is 4.39 Å². The number of ether oxygens (including phenoxy) is 3. The molecule has 0 spiro atoms. The van der Waals surface area contributed by atoms with E-state index in [-0.39, 0.29) is 29.2 Å². The van der Waals surface area contributed by atoms with E-state index in [0.29, 0.717) is 19.6 Å². The number of methoxy groups -OCH3 is 1. The molecule has 0 aromatic heterocycles. The topological polar surface area (TPSA) is 27.7 Å². The van der Waals surface area contributed by atoms with Crippen LogP contribution >= 0.6 is 11.6 Å². The fourth-order valence-corrected chi connectivity index (χ4v) is 2.40. The predicted molar refractivity (Wildman–Crippen MR) is 71.4 cm³/mol. The van der Waals surface area contributed by atoms with E-state index in [0.717, 1.165) is 5.56 Å². The van der Waals surface area contributed by atoms with Gasteiger partial charge in [-0.3, -0.25) is 0 Å². The van der Waals surface area contributed by atoms with Crippen LogP contribution in [-0.4, -0.2) is 37.9 Å².